The predicted octanol–water partition coefficient (Wildman–Crippen LogP) is 3.76. The zero-order valence-electron chi connectivity index (χ0n) is 10.2. The minimum atomic E-state index is 0.327. The van der Waals surface area contributed by atoms with Crippen molar-refractivity contribution in [2.75, 3.05) is 13.1 Å². The molecule has 1 saturated heterocycles. The standard InChI is InChI=1S/C15H20ClN/c16-14-8-4-3-7-13(14)15(10-17-11-15)9-12-5-1-2-6-12/h3-4,7-8,12,17H,1-2,5-6,9-11H2. The molecular weight excluding hydrogens is 230 g/mol. The van der Waals surface area contributed by atoms with Gasteiger partial charge in [0.05, 0.1) is 0 Å². The highest BCUT2D eigenvalue weighted by molar-refractivity contribution is 6.31. The second-order valence-corrected chi connectivity index (χ2v) is 6.13. The van der Waals surface area contributed by atoms with Crippen LogP contribution in [0.5, 0.6) is 0 Å². The average molecular weight is 250 g/mol. The Morgan fingerprint density at radius 2 is 1.88 bits per heavy atom. The summed E-state index contributed by atoms with van der Waals surface area (Å²) in [6.45, 7) is 2.21. The van der Waals surface area contributed by atoms with Crippen molar-refractivity contribution in [1.82, 2.24) is 5.32 Å². The second kappa shape index (κ2) is 4.62. The lowest BCUT2D eigenvalue weighted by Crippen LogP contribution is -2.57. The molecule has 1 nitrogen and oxygen atoms in total. The third-order valence-corrected chi connectivity index (χ3v) is 4.86. The van der Waals surface area contributed by atoms with Gasteiger partial charge in [0.15, 0.2) is 0 Å². The first kappa shape index (κ1) is 11.6. The van der Waals surface area contributed by atoms with Gasteiger partial charge in [-0.05, 0) is 24.0 Å². The molecule has 0 radical (unpaired) electrons. The SMILES string of the molecule is Clc1ccccc1C1(CC2CCCC2)CNC1. The fraction of sp³-hybridized carbons (Fsp3) is 0.600. The molecule has 0 bridgehead atoms. The van der Waals surface area contributed by atoms with Gasteiger partial charge in [0.2, 0.25) is 0 Å². The van der Waals surface area contributed by atoms with Crippen LogP contribution in [0, 0.1) is 5.92 Å². The van der Waals surface area contributed by atoms with Crippen LogP contribution < -0.4 is 5.32 Å². The van der Waals surface area contributed by atoms with Gasteiger partial charge in [-0.15, -0.1) is 0 Å². The molecule has 1 aromatic carbocycles. The zero-order chi connectivity index (χ0) is 11.7. The van der Waals surface area contributed by atoms with Gasteiger partial charge in [0, 0.05) is 23.5 Å². The molecular formula is C15H20ClN. The smallest absolute Gasteiger partial charge is 0.0444 e. The predicted molar refractivity (Wildman–Crippen MR) is 72.6 cm³/mol. The van der Waals surface area contributed by atoms with E-state index in [1.54, 1.807) is 0 Å². The molecule has 3 rings (SSSR count). The first-order chi connectivity index (χ1) is 8.30. The van der Waals surface area contributed by atoms with Crippen LogP contribution >= 0.6 is 11.6 Å². The van der Waals surface area contributed by atoms with Gasteiger partial charge in [-0.1, -0.05) is 55.5 Å². The summed E-state index contributed by atoms with van der Waals surface area (Å²) in [4.78, 5) is 0. The Balaban J connectivity index is 1.83. The van der Waals surface area contributed by atoms with Crippen molar-refractivity contribution in [3.8, 4) is 0 Å². The monoisotopic (exact) mass is 249 g/mol. The van der Waals surface area contributed by atoms with Gasteiger partial charge in [0.25, 0.3) is 0 Å². The van der Waals surface area contributed by atoms with Crippen molar-refractivity contribution in [2.45, 2.75) is 37.5 Å². The van der Waals surface area contributed by atoms with Crippen molar-refractivity contribution in [3.63, 3.8) is 0 Å². The molecule has 0 atom stereocenters. The topological polar surface area (TPSA) is 12.0 Å². The van der Waals surface area contributed by atoms with E-state index in [1.807, 2.05) is 12.1 Å². The summed E-state index contributed by atoms with van der Waals surface area (Å²) < 4.78 is 0. The van der Waals surface area contributed by atoms with E-state index in [1.165, 1.54) is 37.7 Å². The summed E-state index contributed by atoms with van der Waals surface area (Å²) in [5.41, 5.74) is 1.69. The van der Waals surface area contributed by atoms with Crippen LogP contribution in [0.4, 0.5) is 0 Å². The Morgan fingerprint density at radius 1 is 1.18 bits per heavy atom. The molecule has 1 N–H and O–H groups in total. The van der Waals surface area contributed by atoms with E-state index in [0.717, 1.165) is 24.0 Å². The van der Waals surface area contributed by atoms with E-state index in [9.17, 15) is 0 Å². The Labute approximate surface area is 109 Å². The summed E-state index contributed by atoms with van der Waals surface area (Å²) in [6, 6.07) is 8.40. The molecule has 92 valence electrons. The summed E-state index contributed by atoms with van der Waals surface area (Å²) in [5.74, 6) is 0.924. The molecule has 0 unspecified atom stereocenters. The summed E-state index contributed by atoms with van der Waals surface area (Å²) in [6.07, 6.45) is 7.02. The Morgan fingerprint density at radius 3 is 2.47 bits per heavy atom. The van der Waals surface area contributed by atoms with Gasteiger partial charge in [-0.25, -0.2) is 0 Å². The lowest BCUT2D eigenvalue weighted by Gasteiger charge is -2.45. The molecule has 1 heterocycles. The minimum absolute atomic E-state index is 0.327. The molecule has 2 heteroatoms. The van der Waals surface area contributed by atoms with Crippen molar-refractivity contribution >= 4 is 11.6 Å². The fourth-order valence-corrected chi connectivity index (χ4v) is 3.87. The first-order valence-corrected chi connectivity index (χ1v) is 7.14. The van der Waals surface area contributed by atoms with Crippen molar-refractivity contribution in [1.29, 1.82) is 0 Å². The van der Waals surface area contributed by atoms with Crippen LogP contribution in [0.2, 0.25) is 5.02 Å². The van der Waals surface area contributed by atoms with Crippen LogP contribution in [0.15, 0.2) is 24.3 Å². The maximum absolute atomic E-state index is 6.38. The van der Waals surface area contributed by atoms with Crippen LogP contribution in [0.25, 0.3) is 0 Å². The van der Waals surface area contributed by atoms with E-state index >= 15 is 0 Å². The van der Waals surface area contributed by atoms with E-state index in [-0.39, 0.29) is 0 Å². The van der Waals surface area contributed by atoms with Gasteiger partial charge in [-0.2, -0.15) is 0 Å². The van der Waals surface area contributed by atoms with Crippen LogP contribution in [0.3, 0.4) is 0 Å². The number of halogens is 1. The lowest BCUT2D eigenvalue weighted by atomic mass is 9.69. The summed E-state index contributed by atoms with van der Waals surface area (Å²) in [5, 5.41) is 4.39. The van der Waals surface area contributed by atoms with E-state index in [0.29, 0.717) is 5.41 Å². The molecule has 0 amide bonds. The quantitative estimate of drug-likeness (QED) is 0.860. The van der Waals surface area contributed by atoms with Crippen molar-refractivity contribution in [3.05, 3.63) is 34.9 Å². The van der Waals surface area contributed by atoms with E-state index in [2.05, 4.69) is 17.4 Å². The third kappa shape index (κ3) is 2.11. The minimum Gasteiger partial charge on any atom is -0.315 e. The molecule has 1 aliphatic heterocycles. The average Bonchev–Trinajstić information content (AvgIpc) is 2.77. The largest absolute Gasteiger partial charge is 0.315 e. The summed E-state index contributed by atoms with van der Waals surface area (Å²) >= 11 is 6.38. The maximum Gasteiger partial charge on any atom is 0.0444 e. The molecule has 1 aliphatic carbocycles. The number of hydrogen-bond donors (Lipinski definition) is 1. The maximum atomic E-state index is 6.38. The van der Waals surface area contributed by atoms with Gasteiger partial charge >= 0.3 is 0 Å². The van der Waals surface area contributed by atoms with Crippen LogP contribution in [-0.4, -0.2) is 13.1 Å². The number of hydrogen-bond acceptors (Lipinski definition) is 1. The van der Waals surface area contributed by atoms with Crippen molar-refractivity contribution in [2.24, 2.45) is 5.92 Å². The Bertz CT molecular complexity index is 392. The molecule has 1 saturated carbocycles. The molecule has 17 heavy (non-hydrogen) atoms. The van der Waals surface area contributed by atoms with E-state index in [4.69, 9.17) is 11.6 Å². The van der Waals surface area contributed by atoms with E-state index < -0.39 is 0 Å². The zero-order valence-corrected chi connectivity index (χ0v) is 11.0. The van der Waals surface area contributed by atoms with Crippen LogP contribution in [-0.2, 0) is 5.41 Å². The highest BCUT2D eigenvalue weighted by atomic mass is 35.5. The van der Waals surface area contributed by atoms with Crippen molar-refractivity contribution < 1.29 is 0 Å². The van der Waals surface area contributed by atoms with Gasteiger partial charge in [0.1, 0.15) is 0 Å². The lowest BCUT2D eigenvalue weighted by molar-refractivity contribution is 0.218. The number of nitrogens with one attached hydrogen (secondary N) is 1. The Kier molecular flexibility index (Phi) is 3.14. The molecule has 0 spiro atoms. The third-order valence-electron chi connectivity index (χ3n) is 4.53. The Hall–Kier alpha value is -0.530. The molecule has 0 aromatic heterocycles. The van der Waals surface area contributed by atoms with Crippen LogP contribution in [0.1, 0.15) is 37.7 Å². The molecule has 1 aromatic rings. The molecule has 2 aliphatic rings. The first-order valence-electron chi connectivity index (χ1n) is 6.76. The highest BCUT2D eigenvalue weighted by Crippen LogP contribution is 2.42. The second-order valence-electron chi connectivity index (χ2n) is 5.72. The fourth-order valence-electron chi connectivity index (χ4n) is 3.53. The molecule has 2 fully saturated rings. The highest BCUT2D eigenvalue weighted by Gasteiger charge is 2.41. The number of rotatable bonds is 3. The normalized spacial score (nSPS) is 23.6. The number of benzene rings is 1. The van der Waals surface area contributed by atoms with Gasteiger partial charge in [-0.3, -0.25) is 0 Å². The summed E-state index contributed by atoms with van der Waals surface area (Å²) in [7, 11) is 0. The van der Waals surface area contributed by atoms with Gasteiger partial charge < -0.3 is 5.32 Å².